The summed E-state index contributed by atoms with van der Waals surface area (Å²) in [5, 5.41) is 0. The Bertz CT molecular complexity index is 426. The zero-order valence-corrected chi connectivity index (χ0v) is 12.2. The molecule has 1 saturated carbocycles. The second-order valence-corrected chi connectivity index (χ2v) is 5.63. The van der Waals surface area contributed by atoms with E-state index < -0.39 is 0 Å². The van der Waals surface area contributed by atoms with Crippen LogP contribution < -0.4 is 5.56 Å². The van der Waals surface area contributed by atoms with Crippen LogP contribution in [0.2, 0.25) is 0 Å². The molecule has 0 saturated heterocycles. The lowest BCUT2D eigenvalue weighted by Crippen LogP contribution is -2.41. The molecular weight excluding hydrogens is 260 g/mol. The molecule has 1 heterocycles. The molecule has 1 aromatic rings. The molecule has 0 aromatic carbocycles. The van der Waals surface area contributed by atoms with E-state index in [0.29, 0.717) is 11.9 Å². The van der Waals surface area contributed by atoms with E-state index >= 15 is 0 Å². The number of pyridine rings is 1. The van der Waals surface area contributed by atoms with Crippen LogP contribution in [-0.4, -0.2) is 34.5 Å². The Balaban J connectivity index is 1.93. The minimum Gasteiger partial charge on any atom is -0.314 e. The molecule has 0 radical (unpaired) electrons. The van der Waals surface area contributed by atoms with E-state index in [1.165, 1.54) is 32.1 Å². The zero-order valence-electron chi connectivity index (χ0n) is 11.4. The van der Waals surface area contributed by atoms with Crippen LogP contribution in [0.5, 0.6) is 0 Å². The Kier molecular flexibility index (Phi) is 5.93. The van der Waals surface area contributed by atoms with Crippen molar-refractivity contribution >= 4 is 11.6 Å². The Labute approximate surface area is 120 Å². The first-order valence-electron chi connectivity index (χ1n) is 7.27. The number of halogens is 1. The van der Waals surface area contributed by atoms with Crippen molar-refractivity contribution in [3.05, 3.63) is 34.7 Å². The van der Waals surface area contributed by atoms with Crippen molar-refractivity contribution in [1.29, 1.82) is 0 Å². The highest BCUT2D eigenvalue weighted by atomic mass is 35.5. The van der Waals surface area contributed by atoms with Gasteiger partial charge in [-0.15, -0.1) is 11.6 Å². The number of aromatic nitrogens is 1. The van der Waals surface area contributed by atoms with Gasteiger partial charge in [-0.25, -0.2) is 0 Å². The molecule has 1 aromatic heterocycles. The molecule has 0 bridgehead atoms. The van der Waals surface area contributed by atoms with Crippen LogP contribution >= 0.6 is 11.6 Å². The van der Waals surface area contributed by atoms with E-state index in [2.05, 4.69) is 4.90 Å². The van der Waals surface area contributed by atoms with Crippen LogP contribution in [0.15, 0.2) is 29.2 Å². The molecule has 0 atom stereocenters. The van der Waals surface area contributed by atoms with Gasteiger partial charge in [-0.1, -0.05) is 25.3 Å². The third kappa shape index (κ3) is 4.36. The van der Waals surface area contributed by atoms with Crippen molar-refractivity contribution < 1.29 is 0 Å². The highest BCUT2D eigenvalue weighted by Crippen LogP contribution is 2.22. The topological polar surface area (TPSA) is 25.2 Å². The molecule has 1 aliphatic carbocycles. The molecule has 4 heteroatoms. The fraction of sp³-hybridized carbons (Fsp3) is 0.667. The molecule has 0 amide bonds. The molecule has 0 aliphatic heterocycles. The first-order valence-corrected chi connectivity index (χ1v) is 7.80. The van der Waals surface area contributed by atoms with Crippen molar-refractivity contribution in [2.45, 2.75) is 44.7 Å². The smallest absolute Gasteiger partial charge is 0.250 e. The first-order chi connectivity index (χ1) is 9.31. The van der Waals surface area contributed by atoms with Crippen molar-refractivity contribution in [3.63, 3.8) is 0 Å². The molecule has 0 N–H and O–H groups in total. The first kappa shape index (κ1) is 14.6. The van der Waals surface area contributed by atoms with E-state index in [1.54, 1.807) is 16.7 Å². The Morgan fingerprint density at radius 2 is 2.00 bits per heavy atom. The summed E-state index contributed by atoms with van der Waals surface area (Å²) in [5.41, 5.74) is 0.0805. The monoisotopic (exact) mass is 282 g/mol. The Hall–Kier alpha value is -0.800. The van der Waals surface area contributed by atoms with Gasteiger partial charge in [0.2, 0.25) is 0 Å². The van der Waals surface area contributed by atoms with Crippen LogP contribution in [0.3, 0.4) is 0 Å². The predicted octanol–water partition coefficient (Wildman–Crippen LogP) is 2.72. The van der Waals surface area contributed by atoms with Crippen molar-refractivity contribution in [2.75, 3.05) is 19.0 Å². The maximum absolute atomic E-state index is 11.7. The van der Waals surface area contributed by atoms with Crippen LogP contribution in [0.4, 0.5) is 0 Å². The number of nitrogens with zero attached hydrogens (tertiary/aromatic N) is 2. The summed E-state index contributed by atoms with van der Waals surface area (Å²) in [7, 11) is 0. The zero-order chi connectivity index (χ0) is 13.5. The normalized spacial score (nSPS) is 16.9. The summed E-state index contributed by atoms with van der Waals surface area (Å²) in [6.45, 7) is 2.60. The lowest BCUT2D eigenvalue weighted by molar-refractivity contribution is 0.159. The van der Waals surface area contributed by atoms with Gasteiger partial charge in [0.05, 0.1) is 0 Å². The van der Waals surface area contributed by atoms with Crippen LogP contribution in [0.25, 0.3) is 0 Å². The van der Waals surface area contributed by atoms with Crippen LogP contribution in [0.1, 0.15) is 32.1 Å². The number of hydrogen-bond acceptors (Lipinski definition) is 2. The summed E-state index contributed by atoms with van der Waals surface area (Å²) in [6, 6.07) is 5.98. The van der Waals surface area contributed by atoms with Gasteiger partial charge in [0.25, 0.3) is 5.56 Å². The van der Waals surface area contributed by atoms with Gasteiger partial charge in [-0.05, 0) is 18.9 Å². The van der Waals surface area contributed by atoms with Gasteiger partial charge >= 0.3 is 0 Å². The molecule has 0 unspecified atom stereocenters. The van der Waals surface area contributed by atoms with E-state index in [4.69, 9.17) is 11.6 Å². The second kappa shape index (κ2) is 7.71. The standard InChI is InChI=1S/C15H23ClN2O/c16-9-11-17(14-6-2-1-3-7-14)12-13-18-10-5-4-8-15(18)19/h4-5,8,10,14H,1-3,6-7,9,11-13H2. The average molecular weight is 283 g/mol. The van der Waals surface area contributed by atoms with Gasteiger partial charge in [0, 0.05) is 43.8 Å². The highest BCUT2D eigenvalue weighted by molar-refractivity contribution is 6.18. The second-order valence-electron chi connectivity index (χ2n) is 5.25. The fourth-order valence-corrected chi connectivity index (χ4v) is 3.13. The van der Waals surface area contributed by atoms with Gasteiger partial charge in [0.1, 0.15) is 0 Å². The lowest BCUT2D eigenvalue weighted by Gasteiger charge is -2.34. The molecule has 3 nitrogen and oxygen atoms in total. The number of rotatable bonds is 6. The SMILES string of the molecule is O=c1ccccn1CCN(CCCl)C1CCCCC1. The predicted molar refractivity (Wildman–Crippen MR) is 79.9 cm³/mol. The third-order valence-electron chi connectivity index (χ3n) is 3.99. The summed E-state index contributed by atoms with van der Waals surface area (Å²) in [6.07, 6.45) is 8.44. The minimum atomic E-state index is 0.0805. The van der Waals surface area contributed by atoms with Gasteiger partial charge in [-0.2, -0.15) is 0 Å². The summed E-state index contributed by atoms with van der Waals surface area (Å²) < 4.78 is 1.78. The van der Waals surface area contributed by atoms with E-state index in [0.717, 1.165) is 19.6 Å². The third-order valence-corrected chi connectivity index (χ3v) is 4.16. The Morgan fingerprint density at radius 3 is 2.68 bits per heavy atom. The molecule has 19 heavy (non-hydrogen) atoms. The molecule has 2 rings (SSSR count). The average Bonchev–Trinajstić information content (AvgIpc) is 2.46. The lowest BCUT2D eigenvalue weighted by atomic mass is 9.94. The highest BCUT2D eigenvalue weighted by Gasteiger charge is 2.20. The number of hydrogen-bond donors (Lipinski definition) is 0. The summed E-state index contributed by atoms with van der Waals surface area (Å²) >= 11 is 5.92. The summed E-state index contributed by atoms with van der Waals surface area (Å²) in [4.78, 5) is 14.1. The van der Waals surface area contributed by atoms with Crippen LogP contribution in [-0.2, 0) is 6.54 Å². The van der Waals surface area contributed by atoms with Crippen molar-refractivity contribution in [2.24, 2.45) is 0 Å². The molecule has 106 valence electrons. The van der Waals surface area contributed by atoms with Crippen LogP contribution in [0, 0.1) is 0 Å². The van der Waals surface area contributed by atoms with Crippen molar-refractivity contribution in [3.8, 4) is 0 Å². The van der Waals surface area contributed by atoms with E-state index in [1.807, 2.05) is 12.3 Å². The largest absolute Gasteiger partial charge is 0.314 e. The molecule has 0 spiro atoms. The minimum absolute atomic E-state index is 0.0805. The van der Waals surface area contributed by atoms with E-state index in [9.17, 15) is 4.79 Å². The van der Waals surface area contributed by atoms with Gasteiger partial charge < -0.3 is 4.57 Å². The summed E-state index contributed by atoms with van der Waals surface area (Å²) in [5.74, 6) is 0.667. The number of alkyl halides is 1. The van der Waals surface area contributed by atoms with Gasteiger partial charge in [-0.3, -0.25) is 9.69 Å². The fourth-order valence-electron chi connectivity index (χ4n) is 2.91. The van der Waals surface area contributed by atoms with Crippen molar-refractivity contribution in [1.82, 2.24) is 9.47 Å². The molecular formula is C15H23ClN2O. The van der Waals surface area contributed by atoms with E-state index in [-0.39, 0.29) is 5.56 Å². The maximum atomic E-state index is 11.7. The molecule has 1 aliphatic rings. The van der Waals surface area contributed by atoms with Gasteiger partial charge in [0.15, 0.2) is 0 Å². The quantitative estimate of drug-likeness (QED) is 0.750. The maximum Gasteiger partial charge on any atom is 0.250 e. The Morgan fingerprint density at radius 1 is 1.21 bits per heavy atom. The molecule has 1 fully saturated rings.